The molecule has 7 heteroatoms. The van der Waals surface area contributed by atoms with Crippen LogP contribution < -0.4 is 4.90 Å². The van der Waals surface area contributed by atoms with Crippen molar-refractivity contribution in [2.75, 3.05) is 31.6 Å². The minimum Gasteiger partial charge on any atom is -0.462 e. The van der Waals surface area contributed by atoms with E-state index in [1.807, 2.05) is 0 Å². The highest BCUT2D eigenvalue weighted by molar-refractivity contribution is 7.17. The quantitative estimate of drug-likeness (QED) is 0.592. The van der Waals surface area contributed by atoms with E-state index in [2.05, 4.69) is 26.4 Å². The fraction of sp³-hybridized carbons (Fsp3) is 0.500. The van der Waals surface area contributed by atoms with E-state index < -0.39 is 0 Å². The van der Waals surface area contributed by atoms with Crippen LogP contribution in [-0.4, -0.2) is 49.6 Å². The van der Waals surface area contributed by atoms with Crippen molar-refractivity contribution in [2.45, 2.75) is 26.2 Å². The first kappa shape index (κ1) is 17.3. The van der Waals surface area contributed by atoms with E-state index in [9.17, 15) is 4.79 Å². The summed E-state index contributed by atoms with van der Waals surface area (Å²) in [4.78, 5) is 27.8. The number of rotatable bonds is 6. The molecule has 1 aromatic heterocycles. The summed E-state index contributed by atoms with van der Waals surface area (Å²) in [5.74, 6) is -0.371. The maximum absolute atomic E-state index is 12.3. The Kier molecular flexibility index (Phi) is 6.46. The van der Waals surface area contributed by atoms with E-state index in [1.165, 1.54) is 24.0 Å². The Balaban J connectivity index is 2.44. The second kappa shape index (κ2) is 8.57. The molecule has 124 valence electrons. The largest absolute Gasteiger partial charge is 0.462 e. The van der Waals surface area contributed by atoms with Crippen molar-refractivity contribution in [1.82, 2.24) is 4.98 Å². The zero-order valence-corrected chi connectivity index (χ0v) is 14.4. The number of aromatic nitrogens is 1. The summed E-state index contributed by atoms with van der Waals surface area (Å²) < 4.78 is 5.16. The number of aliphatic imine (C=N–C) groups is 2. The Bertz CT molecular complexity index is 616. The molecule has 23 heavy (non-hydrogen) atoms. The summed E-state index contributed by atoms with van der Waals surface area (Å²) in [6, 6.07) is 0. The first-order valence-electron chi connectivity index (χ1n) is 7.75. The van der Waals surface area contributed by atoms with Gasteiger partial charge < -0.3 is 9.64 Å². The molecule has 0 spiro atoms. The van der Waals surface area contributed by atoms with E-state index in [4.69, 9.17) is 4.74 Å². The van der Waals surface area contributed by atoms with Crippen LogP contribution in [0.25, 0.3) is 0 Å². The van der Waals surface area contributed by atoms with Gasteiger partial charge in [-0.2, -0.15) is 0 Å². The van der Waals surface area contributed by atoms with Crippen LogP contribution in [-0.2, 0) is 4.74 Å². The van der Waals surface area contributed by atoms with Crippen LogP contribution in [0.5, 0.6) is 0 Å². The van der Waals surface area contributed by atoms with Crippen molar-refractivity contribution in [3.63, 3.8) is 0 Å². The molecular weight excluding hydrogens is 312 g/mol. The Labute approximate surface area is 140 Å². The van der Waals surface area contributed by atoms with Gasteiger partial charge in [0.15, 0.2) is 5.13 Å². The lowest BCUT2D eigenvalue weighted by Crippen LogP contribution is -2.29. The first-order valence-corrected chi connectivity index (χ1v) is 8.57. The normalized spacial score (nSPS) is 15.9. The van der Waals surface area contributed by atoms with Gasteiger partial charge in [0.2, 0.25) is 0 Å². The zero-order chi connectivity index (χ0) is 16.7. The molecule has 0 aromatic carbocycles. The predicted molar refractivity (Wildman–Crippen MR) is 95.3 cm³/mol. The molecular formula is C16H22N4O2S. The zero-order valence-electron chi connectivity index (χ0n) is 13.6. The van der Waals surface area contributed by atoms with Gasteiger partial charge >= 0.3 is 5.97 Å². The number of ether oxygens (including phenoxy) is 1. The SMILES string of the molecule is C=CN=C(C=NC)c1nc(N2CCCCC2)sc1C(=O)OCC. The molecule has 6 nitrogen and oxygen atoms in total. The smallest absolute Gasteiger partial charge is 0.350 e. The minimum absolute atomic E-state index is 0.324. The molecule has 0 aliphatic carbocycles. The number of carbonyl (C=O) groups is 1. The third kappa shape index (κ3) is 4.25. The fourth-order valence-electron chi connectivity index (χ4n) is 2.41. The summed E-state index contributed by atoms with van der Waals surface area (Å²) in [7, 11) is 1.65. The number of piperidine rings is 1. The Hall–Kier alpha value is -2.02. The first-order chi connectivity index (χ1) is 11.2. The number of nitrogens with zero attached hydrogens (tertiary/aromatic N) is 4. The molecule has 0 unspecified atom stereocenters. The third-order valence-electron chi connectivity index (χ3n) is 3.43. The van der Waals surface area contributed by atoms with E-state index >= 15 is 0 Å². The van der Waals surface area contributed by atoms with Gasteiger partial charge in [0, 0.05) is 32.6 Å². The van der Waals surface area contributed by atoms with Crippen LogP contribution in [0.3, 0.4) is 0 Å². The van der Waals surface area contributed by atoms with Crippen LogP contribution in [0.1, 0.15) is 41.6 Å². The van der Waals surface area contributed by atoms with Gasteiger partial charge in [-0.3, -0.25) is 9.98 Å². The third-order valence-corrected chi connectivity index (χ3v) is 4.52. The number of hydrogen-bond acceptors (Lipinski definition) is 7. The van der Waals surface area contributed by atoms with Crippen LogP contribution in [0.4, 0.5) is 5.13 Å². The number of esters is 1. The molecule has 1 aliphatic heterocycles. The molecule has 0 amide bonds. The van der Waals surface area contributed by atoms with Gasteiger partial charge in [0.1, 0.15) is 16.3 Å². The summed E-state index contributed by atoms with van der Waals surface area (Å²) in [5.41, 5.74) is 1.03. The van der Waals surface area contributed by atoms with Crippen molar-refractivity contribution in [3.8, 4) is 0 Å². The lowest BCUT2D eigenvalue weighted by molar-refractivity contribution is 0.0531. The highest BCUT2D eigenvalue weighted by Gasteiger charge is 2.25. The second-order valence-corrected chi connectivity index (χ2v) is 6.00. The highest BCUT2D eigenvalue weighted by Crippen LogP contribution is 2.29. The lowest BCUT2D eigenvalue weighted by Gasteiger charge is -2.25. The van der Waals surface area contributed by atoms with Crippen molar-refractivity contribution < 1.29 is 9.53 Å². The van der Waals surface area contributed by atoms with Gasteiger partial charge in [-0.15, -0.1) is 0 Å². The highest BCUT2D eigenvalue weighted by atomic mass is 32.1. The topological polar surface area (TPSA) is 67.2 Å². The molecule has 0 N–H and O–H groups in total. The van der Waals surface area contributed by atoms with Gasteiger partial charge in [-0.1, -0.05) is 17.9 Å². The Morgan fingerprint density at radius 1 is 1.43 bits per heavy atom. The molecule has 0 radical (unpaired) electrons. The van der Waals surface area contributed by atoms with Crippen molar-refractivity contribution in [1.29, 1.82) is 0 Å². The Morgan fingerprint density at radius 3 is 2.78 bits per heavy atom. The van der Waals surface area contributed by atoms with E-state index in [0.717, 1.165) is 31.1 Å². The van der Waals surface area contributed by atoms with Gasteiger partial charge in [0.25, 0.3) is 0 Å². The summed E-state index contributed by atoms with van der Waals surface area (Å²) in [6.07, 6.45) is 6.54. The number of anilines is 1. The average Bonchev–Trinajstić information content (AvgIpc) is 3.01. The van der Waals surface area contributed by atoms with Crippen LogP contribution in [0, 0.1) is 0 Å². The Morgan fingerprint density at radius 2 is 2.17 bits per heavy atom. The number of hydrogen-bond donors (Lipinski definition) is 0. The van der Waals surface area contributed by atoms with Crippen molar-refractivity contribution in [2.24, 2.45) is 9.98 Å². The molecule has 1 aliphatic rings. The van der Waals surface area contributed by atoms with Crippen LogP contribution in [0.15, 0.2) is 22.8 Å². The molecule has 1 fully saturated rings. The molecule has 1 aromatic rings. The maximum atomic E-state index is 12.3. The summed E-state index contributed by atoms with van der Waals surface area (Å²) >= 11 is 1.36. The van der Waals surface area contributed by atoms with Gasteiger partial charge in [0.05, 0.1) is 6.61 Å². The monoisotopic (exact) mass is 334 g/mol. The molecule has 1 saturated heterocycles. The minimum atomic E-state index is -0.371. The summed E-state index contributed by atoms with van der Waals surface area (Å²) in [5, 5.41) is 0.837. The van der Waals surface area contributed by atoms with Crippen molar-refractivity contribution in [3.05, 3.63) is 23.3 Å². The number of carbonyl (C=O) groups excluding carboxylic acids is 1. The molecule has 0 bridgehead atoms. The average molecular weight is 334 g/mol. The predicted octanol–water partition coefficient (Wildman–Crippen LogP) is 2.94. The standard InChI is InChI=1S/C16H22N4O2S/c1-4-18-12(11-17-3)13-14(15(21)22-5-2)23-16(19-13)20-9-7-6-8-10-20/h4,11H,1,5-10H2,2-3H3. The maximum Gasteiger partial charge on any atom is 0.350 e. The second-order valence-electron chi connectivity index (χ2n) is 5.03. The number of thiazole rings is 1. The molecule has 0 saturated carbocycles. The fourth-order valence-corrected chi connectivity index (χ4v) is 3.43. The van der Waals surface area contributed by atoms with E-state index in [1.54, 1.807) is 20.2 Å². The molecule has 0 atom stereocenters. The van der Waals surface area contributed by atoms with E-state index in [-0.39, 0.29) is 5.97 Å². The lowest BCUT2D eigenvalue weighted by atomic mass is 10.1. The molecule has 2 heterocycles. The van der Waals surface area contributed by atoms with Gasteiger partial charge in [-0.25, -0.2) is 9.78 Å². The summed E-state index contributed by atoms with van der Waals surface area (Å²) in [6.45, 7) is 7.65. The van der Waals surface area contributed by atoms with Crippen LogP contribution in [0.2, 0.25) is 0 Å². The van der Waals surface area contributed by atoms with Gasteiger partial charge in [-0.05, 0) is 26.2 Å². The van der Waals surface area contributed by atoms with E-state index in [0.29, 0.717) is 22.9 Å². The van der Waals surface area contributed by atoms with Crippen molar-refractivity contribution >= 4 is 34.4 Å². The van der Waals surface area contributed by atoms with Crippen LogP contribution >= 0.6 is 11.3 Å². The molecule has 2 rings (SSSR count).